The lowest BCUT2D eigenvalue weighted by Crippen LogP contribution is -2.03. The van der Waals surface area contributed by atoms with Gasteiger partial charge < -0.3 is 5.32 Å². The summed E-state index contributed by atoms with van der Waals surface area (Å²) in [6.07, 6.45) is 6.73. The highest BCUT2D eigenvalue weighted by atomic mass is 14.8. The van der Waals surface area contributed by atoms with Crippen molar-refractivity contribution in [2.45, 2.75) is 33.6 Å². The van der Waals surface area contributed by atoms with Crippen molar-refractivity contribution in [3.8, 4) is 0 Å². The first-order valence-corrected chi connectivity index (χ1v) is 6.47. The maximum absolute atomic E-state index is 3.26. The van der Waals surface area contributed by atoms with E-state index >= 15 is 0 Å². The third kappa shape index (κ3) is 2.60. The van der Waals surface area contributed by atoms with Crippen molar-refractivity contribution in [2.75, 3.05) is 6.54 Å². The Morgan fingerprint density at radius 2 is 2.18 bits per heavy atom. The average molecular weight is 227 g/mol. The summed E-state index contributed by atoms with van der Waals surface area (Å²) in [5.41, 5.74) is 7.06. The van der Waals surface area contributed by atoms with E-state index in [4.69, 9.17) is 0 Å². The molecule has 1 N–H and O–H groups in total. The molecule has 0 bridgehead atoms. The fourth-order valence-electron chi connectivity index (χ4n) is 2.23. The van der Waals surface area contributed by atoms with Gasteiger partial charge in [0.15, 0.2) is 0 Å². The number of hydrogen-bond donors (Lipinski definition) is 1. The number of rotatable bonds is 4. The van der Waals surface area contributed by atoms with Crippen molar-refractivity contribution in [3.05, 3.63) is 46.7 Å². The number of hydrogen-bond acceptors (Lipinski definition) is 1. The molecule has 90 valence electrons. The summed E-state index contributed by atoms with van der Waals surface area (Å²) >= 11 is 0. The first-order chi connectivity index (χ1) is 8.24. The number of allylic oxidation sites excluding steroid dienone is 2. The van der Waals surface area contributed by atoms with E-state index < -0.39 is 0 Å². The van der Waals surface area contributed by atoms with Crippen LogP contribution in [0.5, 0.6) is 0 Å². The third-order valence-corrected chi connectivity index (χ3v) is 3.35. The standard InChI is InChI=1S/C16H21N/c1-4-13-8-15-7-6-14(10-16(15)9-13)12(3)11-17-5-2/h6-8,10-11,17H,4-5,9H2,1-3H3/b12-11+. The summed E-state index contributed by atoms with van der Waals surface area (Å²) in [7, 11) is 0. The van der Waals surface area contributed by atoms with Gasteiger partial charge in [0.05, 0.1) is 0 Å². The van der Waals surface area contributed by atoms with Gasteiger partial charge in [-0.3, -0.25) is 0 Å². The molecular formula is C16H21N. The van der Waals surface area contributed by atoms with Gasteiger partial charge in [0.1, 0.15) is 0 Å². The summed E-state index contributed by atoms with van der Waals surface area (Å²) in [6, 6.07) is 6.80. The van der Waals surface area contributed by atoms with E-state index in [1.807, 2.05) is 0 Å². The van der Waals surface area contributed by atoms with Gasteiger partial charge in [-0.1, -0.05) is 36.8 Å². The zero-order valence-electron chi connectivity index (χ0n) is 11.0. The van der Waals surface area contributed by atoms with Gasteiger partial charge in [0.2, 0.25) is 0 Å². The molecule has 17 heavy (non-hydrogen) atoms. The van der Waals surface area contributed by atoms with Crippen molar-refractivity contribution >= 4 is 11.6 Å². The summed E-state index contributed by atoms with van der Waals surface area (Å²) in [4.78, 5) is 0. The molecule has 0 aromatic heterocycles. The Morgan fingerprint density at radius 1 is 1.35 bits per heavy atom. The summed E-state index contributed by atoms with van der Waals surface area (Å²) in [5.74, 6) is 0. The Hall–Kier alpha value is -1.50. The lowest BCUT2D eigenvalue weighted by molar-refractivity contribution is 0.920. The molecule has 0 aliphatic heterocycles. The molecule has 0 heterocycles. The number of benzene rings is 1. The normalized spacial score (nSPS) is 14.5. The quantitative estimate of drug-likeness (QED) is 0.819. The highest BCUT2D eigenvalue weighted by Gasteiger charge is 2.11. The molecule has 0 amide bonds. The van der Waals surface area contributed by atoms with E-state index in [9.17, 15) is 0 Å². The van der Waals surface area contributed by atoms with Crippen molar-refractivity contribution < 1.29 is 0 Å². The van der Waals surface area contributed by atoms with E-state index in [0.29, 0.717) is 0 Å². The molecule has 0 fully saturated rings. The highest BCUT2D eigenvalue weighted by molar-refractivity contribution is 5.70. The Balaban J connectivity index is 2.22. The minimum atomic E-state index is 0.976. The first kappa shape index (κ1) is 12.0. The van der Waals surface area contributed by atoms with Crippen LogP contribution in [0, 0.1) is 0 Å². The van der Waals surface area contributed by atoms with Crippen LogP contribution in [0.4, 0.5) is 0 Å². The van der Waals surface area contributed by atoms with Gasteiger partial charge in [0, 0.05) is 6.54 Å². The summed E-state index contributed by atoms with van der Waals surface area (Å²) in [5, 5.41) is 3.26. The largest absolute Gasteiger partial charge is 0.391 e. The zero-order chi connectivity index (χ0) is 12.3. The minimum Gasteiger partial charge on any atom is -0.391 e. The second-order valence-corrected chi connectivity index (χ2v) is 4.63. The lowest BCUT2D eigenvalue weighted by atomic mass is 10.0. The van der Waals surface area contributed by atoms with Gasteiger partial charge in [-0.15, -0.1) is 0 Å². The van der Waals surface area contributed by atoms with Crippen LogP contribution in [0.2, 0.25) is 0 Å². The second kappa shape index (κ2) is 5.22. The number of nitrogens with one attached hydrogen (secondary N) is 1. The molecule has 1 nitrogen and oxygen atoms in total. The summed E-state index contributed by atoms with van der Waals surface area (Å²) in [6.45, 7) is 7.48. The topological polar surface area (TPSA) is 12.0 Å². The van der Waals surface area contributed by atoms with Gasteiger partial charge in [-0.25, -0.2) is 0 Å². The Kier molecular flexibility index (Phi) is 3.68. The molecule has 0 spiro atoms. The van der Waals surface area contributed by atoms with Crippen molar-refractivity contribution in [1.29, 1.82) is 0 Å². The predicted octanol–water partition coefficient (Wildman–Crippen LogP) is 4.01. The fourth-order valence-corrected chi connectivity index (χ4v) is 2.23. The third-order valence-electron chi connectivity index (χ3n) is 3.35. The van der Waals surface area contributed by atoms with E-state index in [2.05, 4.69) is 56.6 Å². The van der Waals surface area contributed by atoms with Gasteiger partial charge in [-0.2, -0.15) is 0 Å². The molecule has 0 radical (unpaired) electrons. The monoisotopic (exact) mass is 227 g/mol. The van der Waals surface area contributed by atoms with Crippen LogP contribution in [0.3, 0.4) is 0 Å². The Bertz CT molecular complexity index is 466. The van der Waals surface area contributed by atoms with Crippen LogP contribution in [0.25, 0.3) is 11.6 Å². The van der Waals surface area contributed by atoms with Gasteiger partial charge in [0.25, 0.3) is 0 Å². The maximum atomic E-state index is 3.26. The van der Waals surface area contributed by atoms with E-state index in [1.165, 1.54) is 22.3 Å². The van der Waals surface area contributed by atoms with Crippen molar-refractivity contribution in [2.24, 2.45) is 0 Å². The van der Waals surface area contributed by atoms with Crippen LogP contribution < -0.4 is 5.32 Å². The molecule has 1 aromatic rings. The van der Waals surface area contributed by atoms with Crippen molar-refractivity contribution in [3.63, 3.8) is 0 Å². The molecule has 1 aliphatic rings. The molecule has 0 unspecified atom stereocenters. The summed E-state index contributed by atoms with van der Waals surface area (Å²) < 4.78 is 0. The molecule has 0 atom stereocenters. The molecule has 1 heteroatoms. The lowest BCUT2D eigenvalue weighted by Gasteiger charge is -2.06. The van der Waals surface area contributed by atoms with E-state index in [0.717, 1.165) is 19.4 Å². The van der Waals surface area contributed by atoms with Crippen LogP contribution in [0.1, 0.15) is 43.9 Å². The van der Waals surface area contributed by atoms with Crippen molar-refractivity contribution in [1.82, 2.24) is 5.32 Å². The average Bonchev–Trinajstić information content (AvgIpc) is 2.77. The van der Waals surface area contributed by atoms with Crippen LogP contribution >= 0.6 is 0 Å². The first-order valence-electron chi connectivity index (χ1n) is 6.47. The Morgan fingerprint density at radius 3 is 2.88 bits per heavy atom. The van der Waals surface area contributed by atoms with Crippen LogP contribution in [-0.4, -0.2) is 6.54 Å². The molecule has 2 rings (SSSR count). The van der Waals surface area contributed by atoms with Gasteiger partial charge in [-0.05, 0) is 55.2 Å². The Labute approximate surface area is 104 Å². The van der Waals surface area contributed by atoms with E-state index in [-0.39, 0.29) is 0 Å². The minimum absolute atomic E-state index is 0.976. The van der Waals surface area contributed by atoms with Crippen LogP contribution in [-0.2, 0) is 6.42 Å². The second-order valence-electron chi connectivity index (χ2n) is 4.63. The SMILES string of the molecule is CCN/C=C(\C)c1ccc2c(c1)CC(CC)=C2. The molecule has 1 aliphatic carbocycles. The molecule has 1 aromatic carbocycles. The maximum Gasteiger partial charge on any atom is 0.0113 e. The highest BCUT2D eigenvalue weighted by Crippen LogP contribution is 2.29. The zero-order valence-corrected chi connectivity index (χ0v) is 11.0. The smallest absolute Gasteiger partial charge is 0.0113 e. The molecule has 0 saturated carbocycles. The van der Waals surface area contributed by atoms with Gasteiger partial charge >= 0.3 is 0 Å². The van der Waals surface area contributed by atoms with Crippen LogP contribution in [0.15, 0.2) is 30.0 Å². The molecule has 0 saturated heterocycles. The fraction of sp³-hybridized carbons (Fsp3) is 0.375. The predicted molar refractivity (Wildman–Crippen MR) is 75.7 cm³/mol. The number of fused-ring (bicyclic) bond motifs is 1. The molecular weight excluding hydrogens is 206 g/mol. The van der Waals surface area contributed by atoms with E-state index in [1.54, 1.807) is 5.57 Å².